The van der Waals surface area contributed by atoms with Gasteiger partial charge in [0.2, 0.25) is 0 Å². The summed E-state index contributed by atoms with van der Waals surface area (Å²) in [5, 5.41) is 10.6. The predicted molar refractivity (Wildman–Crippen MR) is 64.5 cm³/mol. The summed E-state index contributed by atoms with van der Waals surface area (Å²) in [6.07, 6.45) is 3.93. The number of benzene rings is 1. The monoisotopic (exact) mass is 220 g/mol. The summed E-state index contributed by atoms with van der Waals surface area (Å²) in [7, 11) is 1.66. The first-order valence-electron chi connectivity index (χ1n) is 6.01. The van der Waals surface area contributed by atoms with Crippen LogP contribution < -0.4 is 4.74 Å². The van der Waals surface area contributed by atoms with Crippen LogP contribution in [0.3, 0.4) is 0 Å². The number of rotatable bonds is 2. The van der Waals surface area contributed by atoms with E-state index >= 15 is 0 Å². The average Bonchev–Trinajstić information content (AvgIpc) is 2.33. The van der Waals surface area contributed by atoms with Gasteiger partial charge in [0.05, 0.1) is 12.7 Å². The molecule has 1 N–H and O–H groups in total. The summed E-state index contributed by atoms with van der Waals surface area (Å²) in [4.78, 5) is 0. The standard InChI is InChI=1S/C14H20O2/c1-11-6-8-14(15,9-7-11)12-4-3-5-13(10-12)16-2/h3-5,10-11,15H,6-9H2,1-2H3. The highest BCUT2D eigenvalue weighted by atomic mass is 16.5. The summed E-state index contributed by atoms with van der Waals surface area (Å²) < 4.78 is 5.20. The zero-order valence-corrected chi connectivity index (χ0v) is 10.1. The van der Waals surface area contributed by atoms with Crippen LogP contribution in [0, 0.1) is 5.92 Å². The molecule has 0 heterocycles. The first-order valence-corrected chi connectivity index (χ1v) is 6.01. The molecule has 88 valence electrons. The third-order valence-electron chi connectivity index (χ3n) is 3.71. The highest BCUT2D eigenvalue weighted by Gasteiger charge is 2.33. The number of hydrogen-bond donors (Lipinski definition) is 1. The molecule has 1 aliphatic rings. The largest absolute Gasteiger partial charge is 0.497 e. The molecule has 0 bridgehead atoms. The molecule has 0 radical (unpaired) electrons. The van der Waals surface area contributed by atoms with Crippen LogP contribution in [0.1, 0.15) is 38.2 Å². The molecule has 2 rings (SSSR count). The van der Waals surface area contributed by atoms with Gasteiger partial charge in [-0.3, -0.25) is 0 Å². The number of hydrogen-bond acceptors (Lipinski definition) is 2. The van der Waals surface area contributed by atoms with Crippen LogP contribution in [-0.2, 0) is 5.60 Å². The quantitative estimate of drug-likeness (QED) is 0.830. The van der Waals surface area contributed by atoms with E-state index < -0.39 is 5.60 Å². The van der Waals surface area contributed by atoms with Crippen molar-refractivity contribution in [2.24, 2.45) is 5.92 Å². The van der Waals surface area contributed by atoms with Crippen molar-refractivity contribution >= 4 is 0 Å². The molecule has 1 aliphatic carbocycles. The molecule has 0 unspecified atom stereocenters. The number of methoxy groups -OCH3 is 1. The second-order valence-electron chi connectivity index (χ2n) is 4.95. The maximum absolute atomic E-state index is 10.6. The highest BCUT2D eigenvalue weighted by Crippen LogP contribution is 2.39. The minimum atomic E-state index is -0.638. The van der Waals surface area contributed by atoms with Crippen molar-refractivity contribution in [3.63, 3.8) is 0 Å². The smallest absolute Gasteiger partial charge is 0.119 e. The Bertz CT molecular complexity index is 352. The Morgan fingerprint density at radius 2 is 2.00 bits per heavy atom. The van der Waals surface area contributed by atoms with Gasteiger partial charge in [-0.1, -0.05) is 19.1 Å². The van der Waals surface area contributed by atoms with Gasteiger partial charge in [0.1, 0.15) is 5.75 Å². The van der Waals surface area contributed by atoms with E-state index in [4.69, 9.17) is 4.74 Å². The van der Waals surface area contributed by atoms with Gasteiger partial charge in [-0.15, -0.1) is 0 Å². The average molecular weight is 220 g/mol. The maximum atomic E-state index is 10.6. The first-order chi connectivity index (χ1) is 7.64. The fourth-order valence-electron chi connectivity index (χ4n) is 2.44. The van der Waals surface area contributed by atoms with Crippen molar-refractivity contribution in [3.8, 4) is 5.75 Å². The van der Waals surface area contributed by atoms with E-state index in [1.54, 1.807) is 7.11 Å². The number of aliphatic hydroxyl groups is 1. The van der Waals surface area contributed by atoms with Crippen molar-refractivity contribution in [3.05, 3.63) is 29.8 Å². The molecule has 1 saturated carbocycles. The lowest BCUT2D eigenvalue weighted by Crippen LogP contribution is -2.30. The minimum absolute atomic E-state index is 0.638. The van der Waals surface area contributed by atoms with Crippen molar-refractivity contribution in [2.45, 2.75) is 38.2 Å². The van der Waals surface area contributed by atoms with Crippen LogP contribution in [0.5, 0.6) is 5.75 Å². The zero-order chi connectivity index (χ0) is 11.6. The van der Waals surface area contributed by atoms with E-state index in [1.165, 1.54) is 0 Å². The van der Waals surface area contributed by atoms with Gasteiger partial charge in [-0.25, -0.2) is 0 Å². The van der Waals surface area contributed by atoms with Gasteiger partial charge in [-0.05, 0) is 49.3 Å². The van der Waals surface area contributed by atoms with E-state index in [0.29, 0.717) is 0 Å². The van der Waals surface area contributed by atoms with E-state index in [2.05, 4.69) is 6.92 Å². The Kier molecular flexibility index (Phi) is 3.20. The van der Waals surface area contributed by atoms with Crippen molar-refractivity contribution in [2.75, 3.05) is 7.11 Å². The van der Waals surface area contributed by atoms with Crippen LogP contribution >= 0.6 is 0 Å². The topological polar surface area (TPSA) is 29.5 Å². The second kappa shape index (κ2) is 4.46. The molecule has 2 heteroatoms. The van der Waals surface area contributed by atoms with Crippen molar-refractivity contribution < 1.29 is 9.84 Å². The van der Waals surface area contributed by atoms with E-state index in [0.717, 1.165) is 42.9 Å². The molecule has 0 aliphatic heterocycles. The molecule has 0 atom stereocenters. The minimum Gasteiger partial charge on any atom is -0.497 e. The van der Waals surface area contributed by atoms with E-state index in [1.807, 2.05) is 24.3 Å². The summed E-state index contributed by atoms with van der Waals surface area (Å²) in [6.45, 7) is 2.26. The Hall–Kier alpha value is -1.02. The second-order valence-corrected chi connectivity index (χ2v) is 4.95. The third kappa shape index (κ3) is 2.22. The fraction of sp³-hybridized carbons (Fsp3) is 0.571. The van der Waals surface area contributed by atoms with Gasteiger partial charge >= 0.3 is 0 Å². The van der Waals surface area contributed by atoms with E-state index in [9.17, 15) is 5.11 Å². The summed E-state index contributed by atoms with van der Waals surface area (Å²) in [5.41, 5.74) is 0.361. The lowest BCUT2D eigenvalue weighted by molar-refractivity contribution is -0.0121. The molecule has 2 nitrogen and oxygen atoms in total. The molecular formula is C14H20O2. The maximum Gasteiger partial charge on any atom is 0.119 e. The van der Waals surface area contributed by atoms with Gasteiger partial charge < -0.3 is 9.84 Å². The molecule has 0 saturated heterocycles. The molecule has 16 heavy (non-hydrogen) atoms. The molecule has 0 aromatic heterocycles. The Balaban J connectivity index is 2.21. The van der Waals surface area contributed by atoms with Crippen molar-refractivity contribution in [1.29, 1.82) is 0 Å². The number of ether oxygens (including phenoxy) is 1. The molecule has 1 aromatic carbocycles. The lowest BCUT2D eigenvalue weighted by atomic mass is 9.76. The lowest BCUT2D eigenvalue weighted by Gasteiger charge is -2.35. The van der Waals surface area contributed by atoms with Gasteiger partial charge in [0.25, 0.3) is 0 Å². The van der Waals surface area contributed by atoms with E-state index in [-0.39, 0.29) is 0 Å². The Morgan fingerprint density at radius 1 is 1.31 bits per heavy atom. The Labute approximate surface area is 97.3 Å². The van der Waals surface area contributed by atoms with Crippen LogP contribution in [0.25, 0.3) is 0 Å². The van der Waals surface area contributed by atoms with Crippen LogP contribution in [-0.4, -0.2) is 12.2 Å². The molecule has 1 aromatic rings. The fourth-order valence-corrected chi connectivity index (χ4v) is 2.44. The molecule has 1 fully saturated rings. The van der Waals surface area contributed by atoms with Crippen molar-refractivity contribution in [1.82, 2.24) is 0 Å². The summed E-state index contributed by atoms with van der Waals surface area (Å²) >= 11 is 0. The van der Waals surface area contributed by atoms with Gasteiger partial charge in [0, 0.05) is 0 Å². The first kappa shape index (κ1) is 11.5. The SMILES string of the molecule is COc1cccc(C2(O)CCC(C)CC2)c1. The summed E-state index contributed by atoms with van der Waals surface area (Å²) in [5.74, 6) is 1.57. The molecule has 0 spiro atoms. The van der Waals surface area contributed by atoms with Crippen LogP contribution in [0.2, 0.25) is 0 Å². The Morgan fingerprint density at radius 3 is 2.62 bits per heavy atom. The normalized spacial score (nSPS) is 30.1. The third-order valence-corrected chi connectivity index (χ3v) is 3.71. The molecular weight excluding hydrogens is 200 g/mol. The molecule has 0 amide bonds. The summed E-state index contributed by atoms with van der Waals surface area (Å²) in [6, 6.07) is 7.82. The zero-order valence-electron chi connectivity index (χ0n) is 10.1. The van der Waals surface area contributed by atoms with Gasteiger partial charge in [0.15, 0.2) is 0 Å². The highest BCUT2D eigenvalue weighted by molar-refractivity contribution is 5.32. The van der Waals surface area contributed by atoms with Crippen LogP contribution in [0.15, 0.2) is 24.3 Å². The predicted octanol–water partition coefficient (Wildman–Crippen LogP) is 3.09. The van der Waals surface area contributed by atoms with Crippen LogP contribution in [0.4, 0.5) is 0 Å². The van der Waals surface area contributed by atoms with Gasteiger partial charge in [-0.2, -0.15) is 0 Å².